The smallest absolute Gasteiger partial charge is 1.00 e. The van der Waals surface area contributed by atoms with Gasteiger partial charge in [-0.2, -0.15) is 5.70 Å². The van der Waals surface area contributed by atoms with Crippen LogP contribution in [0.3, 0.4) is 0 Å². The Bertz CT molecular complexity index is 915. The van der Waals surface area contributed by atoms with Crippen molar-refractivity contribution in [2.75, 3.05) is 0 Å². The zero-order chi connectivity index (χ0) is 23.3. The Hall–Kier alpha value is -1.26. The Morgan fingerprint density at radius 2 is 1.09 bits per heavy atom. The van der Waals surface area contributed by atoms with Crippen molar-refractivity contribution in [3.63, 3.8) is 0 Å². The quantitative estimate of drug-likeness (QED) is 0.239. The van der Waals surface area contributed by atoms with E-state index in [0.717, 1.165) is 22.8 Å². The first-order valence-electron chi connectivity index (χ1n) is 11.7. The average Bonchev–Trinajstić information content (AvgIpc) is 2.67. The Morgan fingerprint density at radius 3 is 1.45 bits per heavy atom. The number of benzene rings is 2. The van der Waals surface area contributed by atoms with Crippen LogP contribution in [0.5, 0.6) is 0 Å². The van der Waals surface area contributed by atoms with E-state index in [0.29, 0.717) is 23.7 Å². The summed E-state index contributed by atoms with van der Waals surface area (Å²) in [5.74, 6) is 1.75. The zero-order valence-corrected chi connectivity index (χ0v) is 25.7. The molecule has 0 amide bonds. The minimum absolute atomic E-state index is 0. The van der Waals surface area contributed by atoms with Gasteiger partial charge in [0.25, 0.3) is 0 Å². The summed E-state index contributed by atoms with van der Waals surface area (Å²) in [6, 6.07) is 13.1. The maximum absolute atomic E-state index is 5.08. The second kappa shape index (κ2) is 14.2. The Morgan fingerprint density at radius 1 is 0.727 bits per heavy atom. The first-order valence-corrected chi connectivity index (χ1v) is 11.7. The minimum Gasteiger partial charge on any atom is -1.00 e. The maximum Gasteiger partial charge on any atom is 2.00 e. The van der Waals surface area contributed by atoms with Crippen LogP contribution in [0.25, 0.3) is 5.32 Å². The molecule has 0 atom stereocenters. The fourth-order valence-electron chi connectivity index (χ4n) is 4.00. The summed E-state index contributed by atoms with van der Waals surface area (Å²) in [6.45, 7) is 22.1. The largest absolute Gasteiger partial charge is 2.00 e. The molecule has 0 N–H and O–H groups in total. The molecule has 0 bridgehead atoms. The number of hydrogen-bond donors (Lipinski definition) is 0. The number of rotatable bonds is 8. The monoisotopic (exact) mass is 576 g/mol. The van der Waals surface area contributed by atoms with E-state index in [2.05, 4.69) is 112 Å². The van der Waals surface area contributed by atoms with Gasteiger partial charge < -0.3 is 17.7 Å². The fourth-order valence-corrected chi connectivity index (χ4v) is 4.00. The topological polar surface area (TPSA) is 26.5 Å². The summed E-state index contributed by atoms with van der Waals surface area (Å²) >= 11 is 0. The Labute approximate surface area is 229 Å². The van der Waals surface area contributed by atoms with Crippen molar-refractivity contribution >= 4 is 41.0 Å². The number of hydrogen-bond acceptors (Lipinski definition) is 1. The fraction of sp³-hybridized carbons (Fsp3) is 0.483. The van der Waals surface area contributed by atoms with Crippen LogP contribution in [0, 0.1) is 0 Å². The van der Waals surface area contributed by atoms with Crippen LogP contribution in [0.15, 0.2) is 53.2 Å². The van der Waals surface area contributed by atoms with E-state index in [4.69, 9.17) is 10.3 Å². The van der Waals surface area contributed by atoms with E-state index in [-0.39, 0.29) is 39.2 Å². The van der Waals surface area contributed by atoms with Gasteiger partial charge in [-0.15, -0.1) is 5.69 Å². The molecular formula is C29H45ClN2Sn. The molecule has 2 aromatic carbocycles. The molecule has 4 heteroatoms. The molecule has 0 aliphatic rings. The molecular weight excluding hydrogens is 530 g/mol. The summed E-state index contributed by atoms with van der Waals surface area (Å²) in [4.78, 5) is 5.08. The van der Waals surface area contributed by atoms with Crippen LogP contribution in [-0.4, -0.2) is 29.6 Å². The molecule has 2 nitrogen and oxygen atoms in total. The van der Waals surface area contributed by atoms with Crippen molar-refractivity contribution in [1.29, 1.82) is 0 Å². The first kappa shape index (κ1) is 31.7. The molecule has 0 saturated carbocycles. The summed E-state index contributed by atoms with van der Waals surface area (Å²) in [6.07, 6.45) is 2.11. The first-order chi connectivity index (χ1) is 14.5. The van der Waals surface area contributed by atoms with Crippen LogP contribution < -0.4 is 12.4 Å². The van der Waals surface area contributed by atoms with Gasteiger partial charge in [0.15, 0.2) is 0 Å². The molecule has 0 heterocycles. The number of para-hydroxylation sites is 2. The Balaban J connectivity index is -0.00000256. The van der Waals surface area contributed by atoms with E-state index in [9.17, 15) is 0 Å². The number of allylic oxidation sites excluding steroid dienone is 2. The third-order valence-corrected chi connectivity index (χ3v) is 5.68. The summed E-state index contributed by atoms with van der Waals surface area (Å²) in [5.41, 5.74) is 9.45. The van der Waals surface area contributed by atoms with Gasteiger partial charge in [0, 0.05) is 8.56 Å². The van der Waals surface area contributed by atoms with Crippen molar-refractivity contribution in [3.05, 3.63) is 75.7 Å². The zero-order valence-electron chi connectivity index (χ0n) is 22.1. The van der Waals surface area contributed by atoms with Gasteiger partial charge in [0.05, 0.1) is 5.69 Å². The van der Waals surface area contributed by atoms with Gasteiger partial charge in [0.1, 0.15) is 0 Å². The molecule has 0 aliphatic heterocycles. The minimum atomic E-state index is 0. The Kier molecular flexibility index (Phi) is 13.7. The van der Waals surface area contributed by atoms with Crippen molar-refractivity contribution < 1.29 is 15.3 Å². The predicted molar refractivity (Wildman–Crippen MR) is 149 cm³/mol. The molecule has 2 radical (unpaired) electrons. The van der Waals surface area contributed by atoms with Crippen molar-refractivity contribution in [2.45, 2.75) is 92.9 Å². The van der Waals surface area contributed by atoms with E-state index in [1.165, 1.54) is 22.3 Å². The summed E-state index contributed by atoms with van der Waals surface area (Å²) in [5, 5.41) is 5.08. The van der Waals surface area contributed by atoms with Gasteiger partial charge in [-0.3, -0.25) is 4.99 Å². The van der Waals surface area contributed by atoms with Crippen LogP contribution in [0.2, 0.25) is 0 Å². The van der Waals surface area contributed by atoms with Crippen molar-refractivity contribution in [1.82, 2.24) is 0 Å². The van der Waals surface area contributed by atoms with Crippen LogP contribution in [0.4, 0.5) is 11.4 Å². The summed E-state index contributed by atoms with van der Waals surface area (Å²) < 4.78 is 0. The number of halogens is 1. The second-order valence-electron chi connectivity index (χ2n) is 9.84. The third kappa shape index (κ3) is 8.47. The molecule has 0 spiro atoms. The van der Waals surface area contributed by atoms with Gasteiger partial charge >= 0.3 is 23.9 Å². The van der Waals surface area contributed by atoms with Gasteiger partial charge in [-0.1, -0.05) is 116 Å². The predicted octanol–water partition coefficient (Wildman–Crippen LogP) is 7.00. The van der Waals surface area contributed by atoms with Crippen LogP contribution >= 0.6 is 0 Å². The van der Waals surface area contributed by atoms with Gasteiger partial charge in [-0.05, 0) is 41.7 Å². The van der Waals surface area contributed by atoms with Gasteiger partial charge in [-0.25, -0.2) is 0 Å². The van der Waals surface area contributed by atoms with E-state index in [1.54, 1.807) is 0 Å². The molecule has 0 fully saturated rings. The van der Waals surface area contributed by atoms with Crippen LogP contribution in [0.1, 0.15) is 118 Å². The number of aliphatic imine (C=N–C) groups is 1. The molecule has 2 aromatic rings. The standard InChI is InChI=1S/C29H41N2.ClH.Sn.2H2/c1-18(2)24-13-11-14-25(19(3)4)28(24)30-22(9)17-23(10)31-29-26(20(5)6)15-12-16-27(29)21(7)8;;;;/h11-21H,1-10H3;1H;;2*1H/q-1;;+2;;/p-1/b22-17+,31-23?;;;;. The summed E-state index contributed by atoms with van der Waals surface area (Å²) in [7, 11) is 0. The molecule has 182 valence electrons. The molecule has 0 saturated heterocycles. The third-order valence-electron chi connectivity index (χ3n) is 5.68. The molecule has 0 aliphatic carbocycles. The van der Waals surface area contributed by atoms with E-state index in [1.807, 2.05) is 0 Å². The van der Waals surface area contributed by atoms with E-state index >= 15 is 0 Å². The van der Waals surface area contributed by atoms with E-state index < -0.39 is 0 Å². The molecule has 0 aromatic heterocycles. The van der Waals surface area contributed by atoms with Gasteiger partial charge in [0.2, 0.25) is 0 Å². The molecule has 33 heavy (non-hydrogen) atoms. The van der Waals surface area contributed by atoms with Crippen molar-refractivity contribution in [2.24, 2.45) is 4.99 Å². The maximum atomic E-state index is 5.08. The normalized spacial score (nSPS) is 12.3. The molecule has 0 unspecified atom stereocenters. The van der Waals surface area contributed by atoms with Crippen molar-refractivity contribution in [3.8, 4) is 0 Å². The van der Waals surface area contributed by atoms with Crippen LogP contribution in [-0.2, 0) is 0 Å². The SMILES string of the molecule is CC(/C=C(\C)[N-]c1c(C(C)C)cccc1C(C)C)=Nc1c(C(C)C)cccc1C(C)C.[Cl-].[HH].[HH].[Sn+2]. The second-order valence-corrected chi connectivity index (χ2v) is 9.84. The molecule has 2 rings (SSSR count). The number of nitrogens with zero attached hydrogens (tertiary/aromatic N) is 2. The average molecular weight is 576 g/mol.